The highest BCUT2D eigenvalue weighted by Crippen LogP contribution is 2.31. The number of Topliss-reactive ketones (excluding diaryl/α,β-unsaturated/α-hetero) is 1. The van der Waals surface area contributed by atoms with E-state index in [-0.39, 0.29) is 11.7 Å². The van der Waals surface area contributed by atoms with Crippen LogP contribution in [0.4, 0.5) is 0 Å². The average molecular weight is 483 g/mol. The van der Waals surface area contributed by atoms with Gasteiger partial charge in [-0.2, -0.15) is 5.10 Å². The van der Waals surface area contributed by atoms with Crippen LogP contribution in [0.5, 0.6) is 0 Å². The molecular weight excluding hydrogens is 456 g/mol. The van der Waals surface area contributed by atoms with E-state index in [9.17, 15) is 4.79 Å². The number of aryl methyl sites for hydroxylation is 3. The van der Waals surface area contributed by atoms with Crippen LogP contribution in [0.25, 0.3) is 33.3 Å². The van der Waals surface area contributed by atoms with Gasteiger partial charge in [0.15, 0.2) is 5.78 Å². The highest BCUT2D eigenvalue weighted by molar-refractivity contribution is 6.31. The van der Waals surface area contributed by atoms with E-state index >= 15 is 0 Å². The Kier molecular flexibility index (Phi) is 6.03. The van der Waals surface area contributed by atoms with E-state index in [0.29, 0.717) is 22.7 Å². The fourth-order valence-corrected chi connectivity index (χ4v) is 4.99. The highest BCUT2D eigenvalue weighted by atomic mass is 35.5. The third-order valence-corrected chi connectivity index (χ3v) is 6.74. The van der Waals surface area contributed by atoms with Crippen molar-refractivity contribution in [3.8, 4) is 22.4 Å². The van der Waals surface area contributed by atoms with Crippen LogP contribution in [0.3, 0.4) is 0 Å². The molecule has 0 spiro atoms. The van der Waals surface area contributed by atoms with Crippen LogP contribution in [0.1, 0.15) is 28.5 Å². The second-order valence-corrected chi connectivity index (χ2v) is 9.70. The zero-order valence-electron chi connectivity index (χ0n) is 20.3. The number of aromatic nitrogens is 4. The van der Waals surface area contributed by atoms with Gasteiger partial charge in [0.1, 0.15) is 0 Å². The lowest BCUT2D eigenvalue weighted by atomic mass is 9.91. The van der Waals surface area contributed by atoms with E-state index in [1.165, 1.54) is 5.39 Å². The molecule has 5 rings (SSSR count). The summed E-state index contributed by atoms with van der Waals surface area (Å²) in [7, 11) is 3.91. The Morgan fingerprint density at radius 3 is 2.51 bits per heavy atom. The summed E-state index contributed by atoms with van der Waals surface area (Å²) in [6.45, 7) is 3.99. The Hall–Kier alpha value is -3.70. The molecule has 0 saturated heterocycles. The van der Waals surface area contributed by atoms with E-state index in [4.69, 9.17) is 16.6 Å². The fourth-order valence-electron chi connectivity index (χ4n) is 4.70. The molecule has 0 N–H and O–H groups in total. The molecule has 0 bridgehead atoms. The molecule has 2 aromatic carbocycles. The lowest BCUT2D eigenvalue weighted by molar-refractivity contribution is 0.0929. The van der Waals surface area contributed by atoms with Crippen molar-refractivity contribution >= 4 is 28.3 Å². The molecule has 0 saturated carbocycles. The largest absolute Gasteiger partial charge is 0.348 e. The number of carbonyl (C=O) groups is 1. The van der Waals surface area contributed by atoms with Crippen LogP contribution in [-0.4, -0.2) is 25.1 Å². The number of hydrogen-bond acceptors (Lipinski definition) is 3. The zero-order chi connectivity index (χ0) is 24.7. The molecule has 3 heterocycles. The van der Waals surface area contributed by atoms with Crippen molar-refractivity contribution in [3.05, 3.63) is 95.0 Å². The first-order chi connectivity index (χ1) is 16.8. The molecule has 0 radical (unpaired) electrons. The van der Waals surface area contributed by atoms with Gasteiger partial charge in [0, 0.05) is 65.3 Å². The number of para-hydroxylation sites is 1. The Labute approximate surface area is 210 Å². The second-order valence-electron chi connectivity index (χ2n) is 9.26. The van der Waals surface area contributed by atoms with Crippen LogP contribution in [0.15, 0.2) is 73.2 Å². The number of pyridine rings is 1. The minimum atomic E-state index is -0.230. The van der Waals surface area contributed by atoms with Gasteiger partial charge >= 0.3 is 0 Å². The topological polar surface area (TPSA) is 52.7 Å². The van der Waals surface area contributed by atoms with Crippen molar-refractivity contribution < 1.29 is 4.79 Å². The molecule has 5 nitrogen and oxygen atoms in total. The summed E-state index contributed by atoms with van der Waals surface area (Å²) in [5.41, 5.74) is 7.22. The van der Waals surface area contributed by atoms with E-state index in [2.05, 4.69) is 41.0 Å². The van der Waals surface area contributed by atoms with E-state index in [0.717, 1.165) is 33.5 Å². The Morgan fingerprint density at radius 1 is 1.00 bits per heavy atom. The fraction of sp³-hybridized carbons (Fsp3) is 0.207. The summed E-state index contributed by atoms with van der Waals surface area (Å²) in [4.78, 5) is 18.6. The van der Waals surface area contributed by atoms with Crippen molar-refractivity contribution in [1.82, 2.24) is 19.3 Å². The summed E-state index contributed by atoms with van der Waals surface area (Å²) in [5.74, 6) is -0.172. The minimum Gasteiger partial charge on any atom is -0.348 e. The smallest absolute Gasteiger partial charge is 0.168 e. The van der Waals surface area contributed by atoms with Crippen molar-refractivity contribution in [2.24, 2.45) is 20.0 Å². The Balaban J connectivity index is 1.55. The van der Waals surface area contributed by atoms with Crippen molar-refractivity contribution in [2.75, 3.05) is 0 Å². The van der Waals surface area contributed by atoms with Gasteiger partial charge < -0.3 is 4.57 Å². The van der Waals surface area contributed by atoms with Gasteiger partial charge in [-0.1, -0.05) is 42.8 Å². The summed E-state index contributed by atoms with van der Waals surface area (Å²) in [6.07, 6.45) is 6.07. The number of fused-ring (bicyclic) bond motifs is 1. The van der Waals surface area contributed by atoms with Crippen LogP contribution in [0, 0.1) is 12.8 Å². The molecule has 0 aliphatic rings. The van der Waals surface area contributed by atoms with Gasteiger partial charge in [0.05, 0.1) is 11.9 Å². The molecular formula is C29H27ClN4O. The van der Waals surface area contributed by atoms with Gasteiger partial charge in [-0.15, -0.1) is 0 Å². The SMILES string of the molecule is Cc1cc(Cl)cc(-c2cnc(-c3cnn(C)c3)c(C(=O)C(C)Cc3cc4ccccc4n3C)c2)c1. The maximum atomic E-state index is 13.9. The molecule has 0 aliphatic carbocycles. The third kappa shape index (κ3) is 4.52. The number of rotatable bonds is 6. The van der Waals surface area contributed by atoms with Crippen molar-refractivity contribution in [1.29, 1.82) is 0 Å². The van der Waals surface area contributed by atoms with Crippen LogP contribution < -0.4 is 0 Å². The predicted octanol–water partition coefficient (Wildman–Crippen LogP) is 6.66. The maximum Gasteiger partial charge on any atom is 0.168 e. The Morgan fingerprint density at radius 2 is 1.80 bits per heavy atom. The minimum absolute atomic E-state index is 0.0576. The number of benzene rings is 2. The first-order valence-electron chi connectivity index (χ1n) is 11.6. The highest BCUT2D eigenvalue weighted by Gasteiger charge is 2.23. The van der Waals surface area contributed by atoms with Gasteiger partial charge in [0.2, 0.25) is 0 Å². The molecule has 0 fully saturated rings. The lowest BCUT2D eigenvalue weighted by Gasteiger charge is -2.15. The van der Waals surface area contributed by atoms with Gasteiger partial charge in [-0.3, -0.25) is 14.5 Å². The van der Waals surface area contributed by atoms with Crippen molar-refractivity contribution in [2.45, 2.75) is 20.3 Å². The molecule has 3 aromatic heterocycles. The summed E-state index contributed by atoms with van der Waals surface area (Å²) < 4.78 is 3.89. The van der Waals surface area contributed by atoms with Crippen LogP contribution >= 0.6 is 11.6 Å². The summed E-state index contributed by atoms with van der Waals surface area (Å²) in [5, 5.41) is 6.13. The lowest BCUT2D eigenvalue weighted by Crippen LogP contribution is -2.17. The first-order valence-corrected chi connectivity index (χ1v) is 12.0. The number of carbonyl (C=O) groups excluding carboxylic acids is 1. The molecule has 176 valence electrons. The predicted molar refractivity (Wildman–Crippen MR) is 142 cm³/mol. The third-order valence-electron chi connectivity index (χ3n) is 6.52. The molecule has 1 atom stereocenters. The normalized spacial score (nSPS) is 12.3. The summed E-state index contributed by atoms with van der Waals surface area (Å²) >= 11 is 6.32. The zero-order valence-corrected chi connectivity index (χ0v) is 21.0. The summed E-state index contributed by atoms with van der Waals surface area (Å²) in [6, 6.07) is 18.3. The van der Waals surface area contributed by atoms with Crippen LogP contribution in [0.2, 0.25) is 5.02 Å². The monoisotopic (exact) mass is 482 g/mol. The first kappa shape index (κ1) is 23.1. The number of hydrogen-bond donors (Lipinski definition) is 0. The maximum absolute atomic E-state index is 13.9. The molecule has 0 amide bonds. The van der Waals surface area contributed by atoms with Crippen molar-refractivity contribution in [3.63, 3.8) is 0 Å². The quantitative estimate of drug-likeness (QED) is 0.254. The Bertz CT molecular complexity index is 1540. The number of halogens is 1. The molecule has 35 heavy (non-hydrogen) atoms. The molecule has 6 heteroatoms. The number of nitrogens with zero attached hydrogens (tertiary/aromatic N) is 4. The van der Waals surface area contributed by atoms with Gasteiger partial charge in [-0.25, -0.2) is 0 Å². The average Bonchev–Trinajstić information content (AvgIpc) is 3.40. The molecule has 5 aromatic rings. The van der Waals surface area contributed by atoms with Crippen LogP contribution in [-0.2, 0) is 20.5 Å². The molecule has 0 aliphatic heterocycles. The van der Waals surface area contributed by atoms with E-state index < -0.39 is 0 Å². The number of ketones is 1. The molecule has 1 unspecified atom stereocenters. The van der Waals surface area contributed by atoms with E-state index in [1.807, 2.05) is 57.4 Å². The standard InChI is InChI=1S/C29H27ClN4O/c1-18-9-21(12-24(30)10-18)22-14-26(28(31-15-22)23-16-32-33(3)17-23)29(35)19(2)11-25-13-20-7-5-6-8-27(20)34(25)4/h5-10,12-17,19H,11H2,1-4H3. The van der Waals surface area contributed by atoms with E-state index in [1.54, 1.807) is 17.1 Å². The van der Waals surface area contributed by atoms with Gasteiger partial charge in [-0.05, 0) is 60.2 Å². The second kappa shape index (κ2) is 9.16. The van der Waals surface area contributed by atoms with Gasteiger partial charge in [0.25, 0.3) is 0 Å².